The number of rotatable bonds is 2. The number of hydrogen-bond acceptors (Lipinski definition) is 4. The van der Waals surface area contributed by atoms with E-state index in [0.29, 0.717) is 5.56 Å². The van der Waals surface area contributed by atoms with Crippen LogP contribution in [0.25, 0.3) is 0 Å². The van der Waals surface area contributed by atoms with E-state index < -0.39 is 17.7 Å². The second-order valence-electron chi connectivity index (χ2n) is 3.78. The Morgan fingerprint density at radius 3 is 2.76 bits per heavy atom. The number of methoxy groups -OCH3 is 1. The van der Waals surface area contributed by atoms with E-state index in [1.54, 1.807) is 18.2 Å². The van der Waals surface area contributed by atoms with Gasteiger partial charge in [0.1, 0.15) is 0 Å². The first-order chi connectivity index (χ1) is 8.04. The van der Waals surface area contributed by atoms with Crippen LogP contribution in [0.3, 0.4) is 0 Å². The summed E-state index contributed by atoms with van der Waals surface area (Å²) in [5.74, 6) is -2.96. The average Bonchev–Trinajstić information content (AvgIpc) is 2.64. The van der Waals surface area contributed by atoms with E-state index in [4.69, 9.17) is 0 Å². The molecule has 0 aromatic heterocycles. The summed E-state index contributed by atoms with van der Waals surface area (Å²) in [5.41, 5.74) is 1.29. The number of benzene rings is 1. The van der Waals surface area contributed by atoms with Crippen LogP contribution in [-0.2, 0) is 20.7 Å². The van der Waals surface area contributed by atoms with Crippen LogP contribution >= 0.6 is 15.9 Å². The fourth-order valence-electron chi connectivity index (χ4n) is 1.93. The topological polar surface area (TPSA) is 60.4 Å². The maximum Gasteiger partial charge on any atom is 0.375 e. The Balaban J connectivity index is 2.31. The van der Waals surface area contributed by atoms with Crippen molar-refractivity contribution in [2.24, 2.45) is 5.92 Å². The standard InChI is InChI=1S/C12H9BrO4/c1-17-12(16)11(15)9-5-6-4-7(13)2-3-8(6)10(9)14/h2-4,9H,5H2,1H3. The largest absolute Gasteiger partial charge is 0.463 e. The normalized spacial score (nSPS) is 17.8. The fourth-order valence-corrected chi connectivity index (χ4v) is 2.33. The summed E-state index contributed by atoms with van der Waals surface area (Å²) in [6, 6.07) is 5.19. The van der Waals surface area contributed by atoms with Gasteiger partial charge in [-0.2, -0.15) is 0 Å². The van der Waals surface area contributed by atoms with Crippen LogP contribution in [0.1, 0.15) is 15.9 Å². The molecule has 1 aromatic rings. The number of ketones is 2. The number of halogens is 1. The van der Waals surface area contributed by atoms with Crippen molar-refractivity contribution < 1.29 is 19.1 Å². The maximum absolute atomic E-state index is 11.9. The summed E-state index contributed by atoms with van der Waals surface area (Å²) in [7, 11) is 1.13. The SMILES string of the molecule is COC(=O)C(=O)C1Cc2cc(Br)ccc2C1=O. The third-order valence-electron chi connectivity index (χ3n) is 2.78. The molecule has 0 saturated heterocycles. The zero-order valence-corrected chi connectivity index (χ0v) is 10.6. The lowest BCUT2D eigenvalue weighted by molar-refractivity contribution is -0.152. The van der Waals surface area contributed by atoms with E-state index >= 15 is 0 Å². The molecule has 1 aromatic carbocycles. The van der Waals surface area contributed by atoms with E-state index in [2.05, 4.69) is 20.7 Å². The summed E-state index contributed by atoms with van der Waals surface area (Å²) in [4.78, 5) is 34.7. The van der Waals surface area contributed by atoms with E-state index in [1.807, 2.05) is 0 Å². The molecule has 88 valence electrons. The van der Waals surface area contributed by atoms with E-state index in [-0.39, 0.29) is 12.2 Å². The highest BCUT2D eigenvalue weighted by Crippen LogP contribution is 2.29. The number of fused-ring (bicyclic) bond motifs is 1. The number of esters is 1. The van der Waals surface area contributed by atoms with Crippen LogP contribution in [0.15, 0.2) is 22.7 Å². The Bertz CT molecular complexity index is 521. The highest BCUT2D eigenvalue weighted by Gasteiger charge is 2.39. The van der Waals surface area contributed by atoms with Crippen LogP contribution in [0, 0.1) is 5.92 Å². The minimum absolute atomic E-state index is 0.265. The van der Waals surface area contributed by atoms with Crippen molar-refractivity contribution >= 4 is 33.5 Å². The molecule has 0 amide bonds. The Hall–Kier alpha value is -1.49. The lowest BCUT2D eigenvalue weighted by Gasteiger charge is -2.03. The van der Waals surface area contributed by atoms with Crippen molar-refractivity contribution in [2.75, 3.05) is 7.11 Å². The van der Waals surface area contributed by atoms with Crippen LogP contribution in [0.2, 0.25) is 0 Å². The van der Waals surface area contributed by atoms with Crippen LogP contribution in [0.4, 0.5) is 0 Å². The number of carbonyl (C=O) groups excluding carboxylic acids is 3. The second kappa shape index (κ2) is 4.41. The van der Waals surface area contributed by atoms with Gasteiger partial charge in [-0.3, -0.25) is 9.59 Å². The van der Waals surface area contributed by atoms with Gasteiger partial charge in [0.15, 0.2) is 5.78 Å². The predicted molar refractivity (Wildman–Crippen MR) is 62.7 cm³/mol. The molecule has 2 rings (SSSR count). The monoisotopic (exact) mass is 296 g/mol. The van der Waals surface area contributed by atoms with Gasteiger partial charge in [0.05, 0.1) is 13.0 Å². The summed E-state index contributed by atoms with van der Waals surface area (Å²) >= 11 is 3.30. The van der Waals surface area contributed by atoms with Gasteiger partial charge >= 0.3 is 5.97 Å². The minimum Gasteiger partial charge on any atom is -0.463 e. The molecule has 0 fully saturated rings. The third-order valence-corrected chi connectivity index (χ3v) is 3.27. The minimum atomic E-state index is -0.963. The molecule has 0 spiro atoms. The number of Topliss-reactive ketones (excluding diaryl/α,β-unsaturated/α-hetero) is 2. The molecule has 0 N–H and O–H groups in total. The molecule has 1 aliphatic carbocycles. The molecule has 1 unspecified atom stereocenters. The first-order valence-electron chi connectivity index (χ1n) is 4.99. The van der Waals surface area contributed by atoms with Crippen molar-refractivity contribution in [1.82, 2.24) is 0 Å². The molecule has 0 aliphatic heterocycles. The van der Waals surface area contributed by atoms with E-state index in [1.165, 1.54) is 0 Å². The molecule has 1 aliphatic rings. The molecule has 17 heavy (non-hydrogen) atoms. The highest BCUT2D eigenvalue weighted by atomic mass is 79.9. The van der Waals surface area contributed by atoms with Crippen molar-refractivity contribution in [2.45, 2.75) is 6.42 Å². The van der Waals surface area contributed by atoms with Gasteiger partial charge in [0.2, 0.25) is 0 Å². The quantitative estimate of drug-likeness (QED) is 0.472. The van der Waals surface area contributed by atoms with Gasteiger partial charge in [-0.25, -0.2) is 4.79 Å². The Morgan fingerprint density at radius 1 is 1.41 bits per heavy atom. The summed E-state index contributed by atoms with van der Waals surface area (Å²) in [6.45, 7) is 0. The third kappa shape index (κ3) is 2.02. The zero-order valence-electron chi connectivity index (χ0n) is 9.03. The number of ether oxygens (including phenoxy) is 1. The van der Waals surface area contributed by atoms with Crippen LogP contribution in [0.5, 0.6) is 0 Å². The van der Waals surface area contributed by atoms with Gasteiger partial charge in [-0.15, -0.1) is 0 Å². The molecule has 4 nitrogen and oxygen atoms in total. The lowest BCUT2D eigenvalue weighted by atomic mass is 10.00. The van der Waals surface area contributed by atoms with Crippen molar-refractivity contribution in [1.29, 1.82) is 0 Å². The average molecular weight is 297 g/mol. The van der Waals surface area contributed by atoms with Gasteiger partial charge in [0.25, 0.3) is 5.78 Å². The molecular formula is C12H9BrO4. The molecular weight excluding hydrogens is 288 g/mol. The van der Waals surface area contributed by atoms with Gasteiger partial charge in [0, 0.05) is 10.0 Å². The Kier molecular flexibility index (Phi) is 3.11. The first-order valence-corrected chi connectivity index (χ1v) is 5.78. The zero-order chi connectivity index (χ0) is 12.6. The predicted octanol–water partition coefficient (Wildman–Crippen LogP) is 1.55. The fraction of sp³-hybridized carbons (Fsp3) is 0.250. The molecule has 0 bridgehead atoms. The number of carbonyl (C=O) groups is 3. The van der Waals surface area contributed by atoms with Crippen LogP contribution < -0.4 is 0 Å². The van der Waals surface area contributed by atoms with Gasteiger partial charge < -0.3 is 4.74 Å². The van der Waals surface area contributed by atoms with E-state index in [9.17, 15) is 14.4 Å². The smallest absolute Gasteiger partial charge is 0.375 e. The molecule has 0 heterocycles. The van der Waals surface area contributed by atoms with Crippen molar-refractivity contribution in [3.63, 3.8) is 0 Å². The first kappa shape index (κ1) is 12.0. The van der Waals surface area contributed by atoms with Crippen molar-refractivity contribution in [3.05, 3.63) is 33.8 Å². The Morgan fingerprint density at radius 2 is 2.12 bits per heavy atom. The molecule has 0 radical (unpaired) electrons. The van der Waals surface area contributed by atoms with Gasteiger partial charge in [-0.1, -0.05) is 15.9 Å². The molecule has 1 atom stereocenters. The molecule has 0 saturated carbocycles. The maximum atomic E-state index is 11.9. The summed E-state index contributed by atoms with van der Waals surface area (Å²) in [6.07, 6.45) is 0.265. The number of hydrogen-bond donors (Lipinski definition) is 0. The highest BCUT2D eigenvalue weighted by molar-refractivity contribution is 9.10. The second-order valence-corrected chi connectivity index (χ2v) is 4.69. The molecule has 5 heteroatoms. The lowest BCUT2D eigenvalue weighted by Crippen LogP contribution is -2.28. The summed E-state index contributed by atoms with van der Waals surface area (Å²) in [5, 5.41) is 0. The van der Waals surface area contributed by atoms with E-state index in [0.717, 1.165) is 17.1 Å². The van der Waals surface area contributed by atoms with Crippen LogP contribution in [-0.4, -0.2) is 24.6 Å². The summed E-state index contributed by atoms with van der Waals surface area (Å²) < 4.78 is 5.19. The van der Waals surface area contributed by atoms with Gasteiger partial charge in [-0.05, 0) is 30.2 Å². The van der Waals surface area contributed by atoms with Crippen molar-refractivity contribution in [3.8, 4) is 0 Å². The Labute approximate surface area is 106 Å².